The van der Waals surface area contributed by atoms with Crippen molar-refractivity contribution in [3.05, 3.63) is 49.1 Å². The maximum absolute atomic E-state index is 10.2. The van der Waals surface area contributed by atoms with Gasteiger partial charge < -0.3 is 5.11 Å². The van der Waals surface area contributed by atoms with Crippen LogP contribution in [0.25, 0.3) is 0 Å². The fourth-order valence-corrected chi connectivity index (χ4v) is 0.731. The van der Waals surface area contributed by atoms with Gasteiger partial charge in [0.05, 0.1) is 12.4 Å². The molecule has 2 aromatic heterocycles. The summed E-state index contributed by atoms with van der Waals surface area (Å²) < 4.78 is 1.08. The van der Waals surface area contributed by atoms with Crippen LogP contribution in [0.3, 0.4) is 0 Å². The molecule has 0 aliphatic rings. The molecule has 76 valence electrons. The summed E-state index contributed by atoms with van der Waals surface area (Å²) in [5.41, 5.74) is 0. The standard InChI is InChI=1S/C6H5NO2.C3H3N3/c8-6(9)7-4-2-1-3-5-7;1-2-4-6-5-3-1/h1-5H;1-3H/p+1. The number of hydrogen-bond acceptors (Lipinski definition) is 4. The van der Waals surface area contributed by atoms with Crippen molar-refractivity contribution >= 4 is 6.09 Å². The first-order chi connectivity index (χ1) is 7.30. The van der Waals surface area contributed by atoms with Crippen LogP contribution >= 0.6 is 0 Å². The van der Waals surface area contributed by atoms with Gasteiger partial charge in [0, 0.05) is 12.1 Å². The van der Waals surface area contributed by atoms with E-state index >= 15 is 0 Å². The normalized spacial score (nSPS) is 8.53. The quantitative estimate of drug-likeness (QED) is 0.628. The highest BCUT2D eigenvalue weighted by Crippen LogP contribution is 1.74. The average molecular weight is 205 g/mol. The topological polar surface area (TPSA) is 79.9 Å². The molecule has 6 nitrogen and oxygen atoms in total. The molecule has 0 fully saturated rings. The molecule has 0 bridgehead atoms. The molecule has 1 N–H and O–H groups in total. The number of carboxylic acid groups (broad SMARTS) is 1. The Hall–Kier alpha value is -2.37. The van der Waals surface area contributed by atoms with Crippen LogP contribution in [0.5, 0.6) is 0 Å². The van der Waals surface area contributed by atoms with Crippen LogP contribution in [0.15, 0.2) is 49.1 Å². The van der Waals surface area contributed by atoms with Gasteiger partial charge in [-0.05, 0) is 11.3 Å². The van der Waals surface area contributed by atoms with Crippen molar-refractivity contribution in [2.75, 3.05) is 0 Å². The zero-order valence-electron chi connectivity index (χ0n) is 7.76. The lowest BCUT2D eigenvalue weighted by atomic mass is 10.5. The van der Waals surface area contributed by atoms with E-state index in [1.807, 2.05) is 0 Å². The van der Waals surface area contributed by atoms with Crippen LogP contribution in [-0.2, 0) is 0 Å². The number of nitrogens with zero attached hydrogens (tertiary/aromatic N) is 4. The monoisotopic (exact) mass is 205 g/mol. The molecule has 0 aliphatic heterocycles. The minimum atomic E-state index is -0.962. The summed E-state index contributed by atoms with van der Waals surface area (Å²) in [6, 6.07) is 6.80. The molecule has 2 rings (SSSR count). The van der Waals surface area contributed by atoms with E-state index in [0.717, 1.165) is 4.57 Å². The predicted octanol–water partition coefficient (Wildman–Crippen LogP) is 0.372. The van der Waals surface area contributed by atoms with Crippen molar-refractivity contribution in [1.29, 1.82) is 0 Å². The van der Waals surface area contributed by atoms with Crippen LogP contribution in [-0.4, -0.2) is 26.6 Å². The van der Waals surface area contributed by atoms with Gasteiger partial charge in [-0.2, -0.15) is 4.79 Å². The molecule has 2 aromatic rings. The van der Waals surface area contributed by atoms with Gasteiger partial charge in [0.1, 0.15) is 0 Å². The highest BCUT2D eigenvalue weighted by molar-refractivity contribution is 5.53. The Morgan fingerprint density at radius 3 is 1.87 bits per heavy atom. The summed E-state index contributed by atoms with van der Waals surface area (Å²) in [5, 5.41) is 18.5. The fraction of sp³-hybridized carbons (Fsp3) is 0. The number of hydrogen-bond donors (Lipinski definition) is 1. The second-order valence-corrected chi connectivity index (χ2v) is 2.38. The zero-order valence-corrected chi connectivity index (χ0v) is 7.76. The number of aromatic nitrogens is 4. The number of rotatable bonds is 0. The Balaban J connectivity index is 0.000000162. The van der Waals surface area contributed by atoms with Crippen molar-refractivity contribution in [2.24, 2.45) is 0 Å². The van der Waals surface area contributed by atoms with Gasteiger partial charge in [0.15, 0.2) is 12.4 Å². The molecule has 6 heteroatoms. The Kier molecular flexibility index (Phi) is 4.38. The Morgan fingerprint density at radius 1 is 1.00 bits per heavy atom. The first-order valence-corrected chi connectivity index (χ1v) is 4.08. The lowest BCUT2D eigenvalue weighted by Gasteiger charge is -1.81. The summed E-state index contributed by atoms with van der Waals surface area (Å²) in [4.78, 5) is 10.2. The lowest BCUT2D eigenvalue weighted by molar-refractivity contribution is -0.584. The molecular weight excluding hydrogens is 196 g/mol. The van der Waals surface area contributed by atoms with E-state index in [9.17, 15) is 4.79 Å². The van der Waals surface area contributed by atoms with E-state index in [0.29, 0.717) is 0 Å². The van der Waals surface area contributed by atoms with Gasteiger partial charge in [0.2, 0.25) is 0 Å². The van der Waals surface area contributed by atoms with E-state index in [-0.39, 0.29) is 0 Å². The molecule has 0 aromatic carbocycles. The minimum absolute atomic E-state index is 0.962. The molecule has 0 spiro atoms. The largest absolute Gasteiger partial charge is 0.599 e. The van der Waals surface area contributed by atoms with Gasteiger partial charge >= 0.3 is 6.09 Å². The zero-order chi connectivity index (χ0) is 10.9. The molecule has 2 heterocycles. The van der Waals surface area contributed by atoms with Crippen molar-refractivity contribution in [3.63, 3.8) is 0 Å². The molecule has 0 saturated heterocycles. The third-order valence-electron chi connectivity index (χ3n) is 1.35. The maximum atomic E-state index is 10.2. The number of carbonyl (C=O) groups is 1. The van der Waals surface area contributed by atoms with Gasteiger partial charge in [-0.3, -0.25) is 0 Å². The fourth-order valence-electron chi connectivity index (χ4n) is 0.731. The van der Waals surface area contributed by atoms with Gasteiger partial charge in [-0.15, -0.1) is 10.2 Å². The van der Waals surface area contributed by atoms with E-state index < -0.39 is 6.09 Å². The molecule has 15 heavy (non-hydrogen) atoms. The minimum Gasteiger partial charge on any atom is -0.427 e. The van der Waals surface area contributed by atoms with Crippen molar-refractivity contribution in [3.8, 4) is 0 Å². The van der Waals surface area contributed by atoms with Crippen LogP contribution < -0.4 is 4.57 Å². The SMILES string of the molecule is O=C(O)[n+]1ccccc1.c1cnnnc1. The molecule has 0 atom stereocenters. The maximum Gasteiger partial charge on any atom is 0.599 e. The van der Waals surface area contributed by atoms with Gasteiger partial charge in [0.25, 0.3) is 0 Å². The van der Waals surface area contributed by atoms with Gasteiger partial charge in [-0.1, -0.05) is 10.6 Å². The smallest absolute Gasteiger partial charge is 0.427 e. The van der Waals surface area contributed by atoms with E-state index in [1.165, 1.54) is 12.4 Å². The summed E-state index contributed by atoms with van der Waals surface area (Å²) in [6.45, 7) is 0. The van der Waals surface area contributed by atoms with Crippen LogP contribution in [0.4, 0.5) is 4.79 Å². The molecular formula is C9H9N4O2+. The van der Waals surface area contributed by atoms with E-state index in [2.05, 4.69) is 15.4 Å². The van der Waals surface area contributed by atoms with Crippen molar-refractivity contribution in [2.45, 2.75) is 0 Å². The molecule has 0 aliphatic carbocycles. The average Bonchev–Trinajstić information content (AvgIpc) is 2.33. The van der Waals surface area contributed by atoms with Crippen molar-refractivity contribution < 1.29 is 14.5 Å². The van der Waals surface area contributed by atoms with Crippen LogP contribution in [0.1, 0.15) is 0 Å². The highest BCUT2D eigenvalue weighted by Gasteiger charge is 2.06. The van der Waals surface area contributed by atoms with E-state index in [4.69, 9.17) is 5.11 Å². The summed E-state index contributed by atoms with van der Waals surface area (Å²) in [5.74, 6) is 0. The Morgan fingerprint density at radius 2 is 1.60 bits per heavy atom. The Bertz CT molecular complexity index is 367. The lowest BCUT2D eigenvalue weighted by Crippen LogP contribution is -2.40. The predicted molar refractivity (Wildman–Crippen MR) is 49.9 cm³/mol. The second-order valence-electron chi connectivity index (χ2n) is 2.38. The Labute approximate surface area is 85.8 Å². The highest BCUT2D eigenvalue weighted by atomic mass is 16.4. The third kappa shape index (κ3) is 4.41. The molecule has 0 amide bonds. The second kappa shape index (κ2) is 6.14. The molecule has 0 unspecified atom stereocenters. The van der Waals surface area contributed by atoms with Gasteiger partial charge in [-0.25, -0.2) is 0 Å². The summed E-state index contributed by atoms with van der Waals surface area (Å²) >= 11 is 0. The summed E-state index contributed by atoms with van der Waals surface area (Å²) in [7, 11) is 0. The molecule has 0 saturated carbocycles. The van der Waals surface area contributed by atoms with Crippen molar-refractivity contribution in [1.82, 2.24) is 15.4 Å². The van der Waals surface area contributed by atoms with Crippen LogP contribution in [0.2, 0.25) is 0 Å². The molecule has 0 radical (unpaired) electrons. The van der Waals surface area contributed by atoms with E-state index in [1.54, 1.807) is 36.7 Å². The third-order valence-corrected chi connectivity index (χ3v) is 1.35. The number of pyridine rings is 1. The first-order valence-electron chi connectivity index (χ1n) is 4.08. The summed E-state index contributed by atoms with van der Waals surface area (Å²) in [6.07, 6.45) is 5.14. The van der Waals surface area contributed by atoms with Crippen LogP contribution in [0, 0.1) is 0 Å². The first kappa shape index (κ1) is 10.7.